The molecule has 0 bridgehead atoms. The fourth-order valence-electron chi connectivity index (χ4n) is 4.36. The van der Waals surface area contributed by atoms with Gasteiger partial charge in [0.05, 0.1) is 18.2 Å². The number of hydrogen-bond acceptors (Lipinski definition) is 6. The summed E-state index contributed by atoms with van der Waals surface area (Å²) >= 11 is 1.16. The molecule has 7 nitrogen and oxygen atoms in total. The lowest BCUT2D eigenvalue weighted by atomic mass is 10.00. The first-order chi connectivity index (χ1) is 17.1. The van der Waals surface area contributed by atoms with Crippen LogP contribution in [0.5, 0.6) is 0 Å². The van der Waals surface area contributed by atoms with Crippen LogP contribution in [-0.4, -0.2) is 41.7 Å². The second-order valence-corrected chi connectivity index (χ2v) is 10.1. The molecular weight excluding hydrogens is 483 g/mol. The summed E-state index contributed by atoms with van der Waals surface area (Å²) in [6, 6.07) is 11.0. The van der Waals surface area contributed by atoms with Gasteiger partial charge in [-0.15, -0.1) is 11.3 Å². The second-order valence-electron chi connectivity index (χ2n) is 8.90. The third kappa shape index (κ3) is 4.54. The van der Waals surface area contributed by atoms with Crippen molar-refractivity contribution in [2.45, 2.75) is 33.2 Å². The molecule has 0 saturated carbocycles. The molecule has 3 amide bonds. The molecule has 9 heteroatoms. The largest absolute Gasteiger partial charge is 0.465 e. The maximum absolute atomic E-state index is 13.6. The van der Waals surface area contributed by atoms with E-state index in [1.807, 2.05) is 13.8 Å². The van der Waals surface area contributed by atoms with Gasteiger partial charge in [-0.25, -0.2) is 9.18 Å². The molecule has 4 rings (SSSR count). The predicted octanol–water partition coefficient (Wildman–Crippen LogP) is 5.30. The van der Waals surface area contributed by atoms with Crippen LogP contribution in [0.3, 0.4) is 0 Å². The van der Waals surface area contributed by atoms with Crippen LogP contribution >= 0.6 is 11.3 Å². The van der Waals surface area contributed by atoms with E-state index in [1.165, 1.54) is 19.2 Å². The van der Waals surface area contributed by atoms with Gasteiger partial charge in [0.25, 0.3) is 11.8 Å². The molecule has 1 N–H and O–H groups in total. The number of halogens is 1. The average Bonchev–Trinajstić information content (AvgIpc) is 3.30. The minimum Gasteiger partial charge on any atom is -0.465 e. The van der Waals surface area contributed by atoms with Crippen molar-refractivity contribution in [2.24, 2.45) is 5.92 Å². The van der Waals surface area contributed by atoms with Gasteiger partial charge in [-0.2, -0.15) is 0 Å². The lowest BCUT2D eigenvalue weighted by Crippen LogP contribution is -2.48. The number of fused-ring (bicyclic) bond motifs is 1. The number of imide groups is 1. The number of amides is 3. The molecule has 36 heavy (non-hydrogen) atoms. The van der Waals surface area contributed by atoms with Crippen LogP contribution in [0.25, 0.3) is 11.1 Å². The summed E-state index contributed by atoms with van der Waals surface area (Å²) in [6.45, 7) is 5.56. The molecule has 2 aromatic carbocycles. The van der Waals surface area contributed by atoms with Gasteiger partial charge in [0.15, 0.2) is 0 Å². The fraction of sp³-hybridized carbons (Fsp3) is 0.259. The minimum absolute atomic E-state index is 0.00927. The van der Waals surface area contributed by atoms with E-state index in [0.29, 0.717) is 16.0 Å². The highest BCUT2D eigenvalue weighted by atomic mass is 32.1. The van der Waals surface area contributed by atoms with Crippen molar-refractivity contribution in [3.63, 3.8) is 0 Å². The predicted molar refractivity (Wildman–Crippen MR) is 135 cm³/mol. The minimum atomic E-state index is -1.08. The number of anilines is 1. The van der Waals surface area contributed by atoms with Crippen LogP contribution in [0.1, 0.15) is 56.2 Å². The Bertz CT molecular complexity index is 1330. The summed E-state index contributed by atoms with van der Waals surface area (Å²) in [7, 11) is 1.23. The molecule has 1 aliphatic rings. The number of carbonyl (C=O) groups excluding carboxylic acids is 4. The maximum Gasteiger partial charge on any atom is 0.341 e. The number of nitrogens with zero attached hydrogens (tertiary/aromatic N) is 1. The number of esters is 1. The number of ether oxygens (including phenoxy) is 1. The van der Waals surface area contributed by atoms with Gasteiger partial charge in [0, 0.05) is 10.4 Å². The average molecular weight is 509 g/mol. The molecule has 0 unspecified atom stereocenters. The quantitative estimate of drug-likeness (QED) is 0.345. The van der Waals surface area contributed by atoms with Crippen LogP contribution in [0.2, 0.25) is 0 Å². The Morgan fingerprint density at radius 2 is 1.61 bits per heavy atom. The van der Waals surface area contributed by atoms with E-state index in [4.69, 9.17) is 4.74 Å². The van der Waals surface area contributed by atoms with Gasteiger partial charge in [-0.05, 0) is 49.1 Å². The van der Waals surface area contributed by atoms with E-state index in [2.05, 4.69) is 5.32 Å². The Labute approximate surface area is 211 Å². The number of methoxy groups -OCH3 is 1. The van der Waals surface area contributed by atoms with Crippen LogP contribution in [0.4, 0.5) is 9.39 Å². The number of carbonyl (C=O) groups is 4. The van der Waals surface area contributed by atoms with Crippen molar-refractivity contribution >= 4 is 40.0 Å². The SMILES string of the molecule is COC(=O)c1c(NC(=O)[C@H](CC(C)C)N2C(=O)c3ccccc3C2=O)sc(C)c1-c1ccc(F)cc1. The van der Waals surface area contributed by atoms with E-state index >= 15 is 0 Å². The third-order valence-electron chi connectivity index (χ3n) is 5.98. The number of thiophene rings is 1. The Hall–Kier alpha value is -3.85. The second kappa shape index (κ2) is 10.0. The smallest absolute Gasteiger partial charge is 0.341 e. The van der Waals surface area contributed by atoms with Gasteiger partial charge in [0.1, 0.15) is 22.4 Å². The number of rotatable bonds is 7. The van der Waals surface area contributed by atoms with E-state index in [1.54, 1.807) is 43.3 Å². The van der Waals surface area contributed by atoms with Crippen molar-refractivity contribution in [3.05, 3.63) is 75.9 Å². The lowest BCUT2D eigenvalue weighted by Gasteiger charge is -2.26. The molecule has 0 spiro atoms. The molecule has 186 valence electrons. The summed E-state index contributed by atoms with van der Waals surface area (Å²) in [5, 5.41) is 3.01. The van der Waals surface area contributed by atoms with Crippen LogP contribution in [0, 0.1) is 18.7 Å². The molecule has 1 atom stereocenters. The molecule has 1 aliphatic heterocycles. The van der Waals surface area contributed by atoms with Gasteiger partial charge >= 0.3 is 5.97 Å². The first-order valence-electron chi connectivity index (χ1n) is 11.4. The molecule has 0 aliphatic carbocycles. The molecule has 3 aromatic rings. The fourth-order valence-corrected chi connectivity index (χ4v) is 5.42. The van der Waals surface area contributed by atoms with Gasteiger partial charge < -0.3 is 10.1 Å². The summed E-state index contributed by atoms with van der Waals surface area (Å²) in [5.74, 6) is -2.74. The normalized spacial score (nSPS) is 13.7. The van der Waals surface area contributed by atoms with Gasteiger partial charge in [-0.3, -0.25) is 19.3 Å². The van der Waals surface area contributed by atoms with E-state index in [9.17, 15) is 23.6 Å². The third-order valence-corrected chi connectivity index (χ3v) is 7.00. The van der Waals surface area contributed by atoms with E-state index in [0.717, 1.165) is 16.2 Å². The Kier molecular flexibility index (Phi) is 7.03. The van der Waals surface area contributed by atoms with E-state index in [-0.39, 0.29) is 34.0 Å². The summed E-state index contributed by atoms with van der Waals surface area (Å²) < 4.78 is 18.5. The zero-order valence-corrected chi connectivity index (χ0v) is 21.1. The standard InChI is InChI=1S/C27H25FN2O5S/c1-14(2)13-20(30-25(32)18-7-5-6-8-19(18)26(30)33)23(31)29-24-22(27(34)35-4)21(15(3)36-24)16-9-11-17(28)12-10-16/h5-12,14,20H,13H2,1-4H3,(H,29,31)/t20-/m0/s1. The molecule has 0 fully saturated rings. The highest BCUT2D eigenvalue weighted by Gasteiger charge is 2.43. The number of hydrogen-bond donors (Lipinski definition) is 1. The molecule has 0 saturated heterocycles. The summed E-state index contributed by atoms with van der Waals surface area (Å²) in [6.07, 6.45) is 0.236. The van der Waals surface area contributed by atoms with Gasteiger partial charge in [0.2, 0.25) is 5.91 Å². The van der Waals surface area contributed by atoms with Crippen molar-refractivity contribution < 1.29 is 28.3 Å². The number of aryl methyl sites for hydroxylation is 1. The summed E-state index contributed by atoms with van der Waals surface area (Å²) in [4.78, 5) is 54.3. The maximum atomic E-state index is 13.6. The topological polar surface area (TPSA) is 92.8 Å². The van der Waals surface area contributed by atoms with E-state index < -0.39 is 35.5 Å². The van der Waals surface area contributed by atoms with Crippen LogP contribution < -0.4 is 5.32 Å². The number of benzene rings is 2. The summed E-state index contributed by atoms with van der Waals surface area (Å²) in [5.41, 5.74) is 1.74. The van der Waals surface area contributed by atoms with Crippen molar-refractivity contribution in [2.75, 3.05) is 12.4 Å². The molecule has 1 aromatic heterocycles. The van der Waals surface area contributed by atoms with Crippen LogP contribution in [0.15, 0.2) is 48.5 Å². The molecular formula is C27H25FN2O5S. The number of nitrogens with one attached hydrogen (secondary N) is 1. The van der Waals surface area contributed by atoms with Crippen LogP contribution in [-0.2, 0) is 9.53 Å². The monoisotopic (exact) mass is 508 g/mol. The molecule has 2 heterocycles. The van der Waals surface area contributed by atoms with Crippen molar-refractivity contribution in [1.82, 2.24) is 4.90 Å². The Balaban J connectivity index is 1.73. The first-order valence-corrected chi connectivity index (χ1v) is 12.2. The van der Waals surface area contributed by atoms with Crippen molar-refractivity contribution in [3.8, 4) is 11.1 Å². The zero-order valence-electron chi connectivity index (χ0n) is 20.3. The Morgan fingerprint density at radius 3 is 2.14 bits per heavy atom. The lowest BCUT2D eigenvalue weighted by molar-refractivity contribution is -0.120. The zero-order chi connectivity index (χ0) is 26.1. The first kappa shape index (κ1) is 25.2. The van der Waals surface area contributed by atoms with Gasteiger partial charge in [-0.1, -0.05) is 38.1 Å². The molecule has 0 radical (unpaired) electrons. The van der Waals surface area contributed by atoms with Crippen molar-refractivity contribution in [1.29, 1.82) is 0 Å². The highest BCUT2D eigenvalue weighted by molar-refractivity contribution is 7.17. The Morgan fingerprint density at radius 1 is 1.03 bits per heavy atom. The highest BCUT2D eigenvalue weighted by Crippen LogP contribution is 2.41.